The van der Waals surface area contributed by atoms with E-state index in [-0.39, 0.29) is 17.8 Å². The fourth-order valence-corrected chi connectivity index (χ4v) is 3.05. The molecule has 23 heavy (non-hydrogen) atoms. The average molecular weight is 316 g/mol. The van der Waals surface area contributed by atoms with E-state index in [1.54, 1.807) is 13.0 Å². The van der Waals surface area contributed by atoms with Gasteiger partial charge in [0.1, 0.15) is 11.6 Å². The van der Waals surface area contributed by atoms with Gasteiger partial charge in [0, 0.05) is 19.1 Å². The lowest BCUT2D eigenvalue weighted by atomic mass is 10.0. The number of hydrogen-bond acceptors (Lipinski definition) is 3. The van der Waals surface area contributed by atoms with Gasteiger partial charge in [0.05, 0.1) is 11.8 Å². The predicted molar refractivity (Wildman–Crippen MR) is 85.6 cm³/mol. The van der Waals surface area contributed by atoms with Crippen LogP contribution in [0.5, 0.6) is 0 Å². The summed E-state index contributed by atoms with van der Waals surface area (Å²) in [6, 6.07) is 8.43. The molecule has 0 bridgehead atoms. The first kappa shape index (κ1) is 15.7. The van der Waals surface area contributed by atoms with Crippen LogP contribution in [-0.2, 0) is 6.54 Å². The topological polar surface area (TPSA) is 45.5 Å². The van der Waals surface area contributed by atoms with Crippen molar-refractivity contribution >= 4 is 5.91 Å². The van der Waals surface area contributed by atoms with Gasteiger partial charge in [-0.05, 0) is 50.1 Å². The van der Waals surface area contributed by atoms with Gasteiger partial charge in [0.25, 0.3) is 5.91 Å². The van der Waals surface area contributed by atoms with E-state index in [1.165, 1.54) is 18.4 Å². The van der Waals surface area contributed by atoms with E-state index < -0.39 is 0 Å². The Labute approximate surface area is 135 Å². The van der Waals surface area contributed by atoms with Crippen LogP contribution in [-0.4, -0.2) is 29.9 Å². The van der Waals surface area contributed by atoms with Crippen LogP contribution in [0, 0.1) is 12.7 Å². The molecule has 2 heterocycles. The van der Waals surface area contributed by atoms with Crippen LogP contribution in [0.2, 0.25) is 0 Å². The molecule has 1 aromatic heterocycles. The average Bonchev–Trinajstić information content (AvgIpc) is 2.96. The third kappa shape index (κ3) is 3.99. The quantitative estimate of drug-likeness (QED) is 0.942. The molecule has 1 fully saturated rings. The number of likely N-dealkylation sites (tertiary alicyclic amines) is 1. The molecule has 0 radical (unpaired) electrons. The summed E-state index contributed by atoms with van der Waals surface area (Å²) in [5, 5.41) is 3.09. The summed E-state index contributed by atoms with van der Waals surface area (Å²) in [4.78, 5) is 14.6. The second-order valence-corrected chi connectivity index (χ2v) is 6.06. The minimum Gasteiger partial charge on any atom is -0.469 e. The number of halogens is 1. The highest BCUT2D eigenvalue weighted by molar-refractivity contribution is 5.95. The molecule has 1 saturated heterocycles. The van der Waals surface area contributed by atoms with Crippen LogP contribution in [0.1, 0.15) is 34.5 Å². The van der Waals surface area contributed by atoms with Gasteiger partial charge in [-0.2, -0.15) is 0 Å². The first-order chi connectivity index (χ1) is 11.1. The Hall–Kier alpha value is -2.14. The monoisotopic (exact) mass is 316 g/mol. The van der Waals surface area contributed by atoms with Gasteiger partial charge in [-0.15, -0.1) is 0 Å². The molecule has 1 aliphatic rings. The van der Waals surface area contributed by atoms with Crippen molar-refractivity contribution in [1.82, 2.24) is 10.2 Å². The zero-order valence-electron chi connectivity index (χ0n) is 13.2. The summed E-state index contributed by atoms with van der Waals surface area (Å²) in [6.45, 7) is 4.36. The number of nitrogens with one attached hydrogen (secondary N) is 1. The van der Waals surface area contributed by atoms with Crippen molar-refractivity contribution in [2.75, 3.05) is 13.1 Å². The predicted octanol–water partition coefficient (Wildman–Crippen LogP) is 3.12. The summed E-state index contributed by atoms with van der Waals surface area (Å²) >= 11 is 0. The zero-order valence-corrected chi connectivity index (χ0v) is 13.2. The number of amides is 1. The van der Waals surface area contributed by atoms with Crippen molar-refractivity contribution < 1.29 is 13.6 Å². The van der Waals surface area contributed by atoms with Gasteiger partial charge in [-0.1, -0.05) is 12.1 Å². The third-order valence-corrected chi connectivity index (χ3v) is 4.26. The van der Waals surface area contributed by atoms with Crippen molar-refractivity contribution in [3.63, 3.8) is 0 Å². The van der Waals surface area contributed by atoms with E-state index in [9.17, 15) is 9.18 Å². The Morgan fingerprint density at radius 3 is 2.83 bits per heavy atom. The second-order valence-electron chi connectivity index (χ2n) is 6.06. The van der Waals surface area contributed by atoms with Crippen molar-refractivity contribution in [2.24, 2.45) is 0 Å². The molecule has 1 amide bonds. The molecule has 3 rings (SSSR count). The van der Waals surface area contributed by atoms with E-state index >= 15 is 0 Å². The number of benzene rings is 1. The SMILES string of the molecule is Cc1occc1C(=O)N[C@H]1CCCN(Cc2ccc(F)cc2)C1. The van der Waals surface area contributed by atoms with Crippen LogP contribution >= 0.6 is 0 Å². The fourth-order valence-electron chi connectivity index (χ4n) is 3.05. The smallest absolute Gasteiger partial charge is 0.255 e. The Kier molecular flexibility index (Phi) is 4.76. The Bertz CT molecular complexity index is 666. The molecule has 1 aromatic carbocycles. The van der Waals surface area contributed by atoms with Gasteiger partial charge in [-0.25, -0.2) is 4.39 Å². The van der Waals surface area contributed by atoms with Gasteiger partial charge in [0.15, 0.2) is 0 Å². The highest BCUT2D eigenvalue weighted by Gasteiger charge is 2.23. The van der Waals surface area contributed by atoms with Crippen molar-refractivity contribution in [3.8, 4) is 0 Å². The minimum atomic E-state index is -0.215. The fraction of sp³-hybridized carbons (Fsp3) is 0.389. The van der Waals surface area contributed by atoms with Crippen LogP contribution in [0.3, 0.4) is 0 Å². The number of nitrogens with zero attached hydrogens (tertiary/aromatic N) is 1. The Morgan fingerprint density at radius 2 is 2.13 bits per heavy atom. The molecule has 0 aliphatic carbocycles. The largest absolute Gasteiger partial charge is 0.469 e. The maximum absolute atomic E-state index is 13.0. The molecule has 4 nitrogen and oxygen atoms in total. The number of carbonyl (C=O) groups is 1. The first-order valence-electron chi connectivity index (χ1n) is 7.93. The van der Waals surface area contributed by atoms with E-state index in [2.05, 4.69) is 10.2 Å². The molecule has 1 atom stereocenters. The minimum absolute atomic E-state index is 0.0788. The van der Waals surface area contributed by atoms with E-state index in [0.29, 0.717) is 11.3 Å². The molecule has 122 valence electrons. The summed E-state index contributed by atoms with van der Waals surface area (Å²) in [7, 11) is 0. The van der Waals surface area contributed by atoms with Gasteiger partial charge in [0.2, 0.25) is 0 Å². The maximum Gasteiger partial charge on any atom is 0.255 e. The number of rotatable bonds is 4. The highest BCUT2D eigenvalue weighted by atomic mass is 19.1. The van der Waals surface area contributed by atoms with Gasteiger partial charge >= 0.3 is 0 Å². The van der Waals surface area contributed by atoms with Crippen LogP contribution in [0.4, 0.5) is 4.39 Å². The van der Waals surface area contributed by atoms with Crippen molar-refractivity contribution in [2.45, 2.75) is 32.4 Å². The Morgan fingerprint density at radius 1 is 1.35 bits per heavy atom. The normalized spacial score (nSPS) is 18.8. The van der Waals surface area contributed by atoms with Crippen LogP contribution in [0.25, 0.3) is 0 Å². The van der Waals surface area contributed by atoms with E-state index in [4.69, 9.17) is 4.42 Å². The molecule has 1 N–H and O–H groups in total. The number of carbonyl (C=O) groups excluding carboxylic acids is 1. The molecular formula is C18H21FN2O2. The van der Waals surface area contributed by atoms with Crippen LogP contribution in [0.15, 0.2) is 41.0 Å². The summed E-state index contributed by atoms with van der Waals surface area (Å²) in [6.07, 6.45) is 3.55. The van der Waals surface area contributed by atoms with Gasteiger partial charge < -0.3 is 9.73 Å². The van der Waals surface area contributed by atoms with Crippen molar-refractivity contribution in [1.29, 1.82) is 0 Å². The maximum atomic E-state index is 13.0. The third-order valence-electron chi connectivity index (χ3n) is 4.26. The molecule has 0 saturated carbocycles. The van der Waals surface area contributed by atoms with Crippen molar-refractivity contribution in [3.05, 3.63) is 59.3 Å². The molecule has 5 heteroatoms. The number of piperidine rings is 1. The first-order valence-corrected chi connectivity index (χ1v) is 7.93. The van der Waals surface area contributed by atoms with E-state index in [1.807, 2.05) is 12.1 Å². The van der Waals surface area contributed by atoms with E-state index in [0.717, 1.165) is 38.0 Å². The Balaban J connectivity index is 1.56. The van der Waals surface area contributed by atoms with Gasteiger partial charge in [-0.3, -0.25) is 9.69 Å². The second kappa shape index (κ2) is 6.96. The summed E-state index contributed by atoms with van der Waals surface area (Å²) in [5.74, 6) is 0.347. The highest BCUT2D eigenvalue weighted by Crippen LogP contribution is 2.16. The molecular weight excluding hydrogens is 295 g/mol. The molecule has 1 aliphatic heterocycles. The lowest BCUT2D eigenvalue weighted by Gasteiger charge is -2.33. The number of hydrogen-bond donors (Lipinski definition) is 1. The summed E-state index contributed by atoms with van der Waals surface area (Å²) < 4.78 is 18.2. The number of furan rings is 1. The molecule has 0 unspecified atom stereocenters. The molecule has 0 spiro atoms. The number of aryl methyl sites for hydroxylation is 1. The lowest BCUT2D eigenvalue weighted by molar-refractivity contribution is 0.0899. The lowest BCUT2D eigenvalue weighted by Crippen LogP contribution is -2.47. The zero-order chi connectivity index (χ0) is 16.2. The standard InChI is InChI=1S/C18H21FN2O2/c1-13-17(8-10-23-13)18(22)20-16-3-2-9-21(12-16)11-14-4-6-15(19)7-5-14/h4-8,10,16H,2-3,9,11-12H2,1H3,(H,20,22)/t16-/m0/s1. The van der Waals surface area contributed by atoms with Crippen LogP contribution < -0.4 is 5.32 Å². The summed E-state index contributed by atoms with van der Waals surface area (Å²) in [5.41, 5.74) is 1.68. The molecule has 2 aromatic rings.